The molecule has 0 saturated carbocycles. The van der Waals surface area contributed by atoms with Crippen molar-refractivity contribution in [2.24, 2.45) is 0 Å². The molecule has 4 rings (SSSR count). The Bertz CT molecular complexity index is 789. The van der Waals surface area contributed by atoms with E-state index in [-0.39, 0.29) is 19.3 Å². The smallest absolute Gasteiger partial charge is 0.260 e. The Kier molecular flexibility index (Phi) is 4.22. The van der Waals surface area contributed by atoms with Crippen LogP contribution in [-0.2, 0) is 4.79 Å². The highest BCUT2D eigenvalue weighted by Gasteiger charge is 2.28. The van der Waals surface area contributed by atoms with E-state index in [9.17, 15) is 4.79 Å². The van der Waals surface area contributed by atoms with Crippen molar-refractivity contribution in [3.8, 4) is 17.2 Å². The summed E-state index contributed by atoms with van der Waals surface area (Å²) in [6.45, 7) is 3.82. The number of benzene rings is 2. The fourth-order valence-corrected chi connectivity index (χ4v) is 3.38. The highest BCUT2D eigenvalue weighted by molar-refractivity contribution is 5.78. The molecule has 0 radical (unpaired) electrons. The highest BCUT2D eigenvalue weighted by atomic mass is 16.7. The van der Waals surface area contributed by atoms with Crippen molar-refractivity contribution >= 4 is 5.91 Å². The summed E-state index contributed by atoms with van der Waals surface area (Å²) in [6, 6.07) is 13.8. The van der Waals surface area contributed by atoms with Crippen molar-refractivity contribution < 1.29 is 19.0 Å². The first-order valence-corrected chi connectivity index (χ1v) is 8.56. The molecule has 2 heterocycles. The molecule has 1 atom stereocenters. The van der Waals surface area contributed by atoms with E-state index in [2.05, 4.69) is 6.07 Å². The fraction of sp³-hybridized carbons (Fsp3) is 0.350. The van der Waals surface area contributed by atoms with Crippen LogP contribution in [0.15, 0.2) is 42.5 Å². The van der Waals surface area contributed by atoms with Crippen LogP contribution in [-0.4, -0.2) is 37.3 Å². The van der Waals surface area contributed by atoms with Gasteiger partial charge in [0.1, 0.15) is 5.75 Å². The van der Waals surface area contributed by atoms with Crippen LogP contribution in [0.4, 0.5) is 0 Å². The SMILES string of the molecule is Cc1ccccc1OCC(=O)N1CCC(c2ccc3c(c2)OCO3)C1. The van der Waals surface area contributed by atoms with Crippen LogP contribution < -0.4 is 14.2 Å². The quantitative estimate of drug-likeness (QED) is 0.859. The number of carbonyl (C=O) groups is 1. The summed E-state index contributed by atoms with van der Waals surface area (Å²) >= 11 is 0. The molecule has 0 aliphatic carbocycles. The van der Waals surface area contributed by atoms with Crippen LogP contribution >= 0.6 is 0 Å². The van der Waals surface area contributed by atoms with E-state index in [1.165, 1.54) is 5.56 Å². The van der Waals surface area contributed by atoms with E-state index in [0.717, 1.165) is 42.3 Å². The molecule has 130 valence electrons. The molecule has 2 aliphatic rings. The van der Waals surface area contributed by atoms with Gasteiger partial charge >= 0.3 is 0 Å². The minimum atomic E-state index is 0.0338. The van der Waals surface area contributed by atoms with Crippen molar-refractivity contribution in [2.45, 2.75) is 19.3 Å². The Labute approximate surface area is 147 Å². The van der Waals surface area contributed by atoms with E-state index >= 15 is 0 Å². The van der Waals surface area contributed by atoms with Crippen LogP contribution in [0.2, 0.25) is 0 Å². The molecule has 2 aliphatic heterocycles. The largest absolute Gasteiger partial charge is 0.484 e. The second kappa shape index (κ2) is 6.67. The van der Waals surface area contributed by atoms with E-state index in [1.54, 1.807) is 0 Å². The van der Waals surface area contributed by atoms with Crippen molar-refractivity contribution in [1.29, 1.82) is 0 Å². The normalized spacial score (nSPS) is 18.4. The zero-order valence-electron chi connectivity index (χ0n) is 14.2. The molecule has 2 aromatic carbocycles. The van der Waals surface area contributed by atoms with E-state index < -0.39 is 0 Å². The maximum Gasteiger partial charge on any atom is 0.260 e. The summed E-state index contributed by atoms with van der Waals surface area (Å²) in [5.41, 5.74) is 2.23. The van der Waals surface area contributed by atoms with Gasteiger partial charge in [0, 0.05) is 19.0 Å². The monoisotopic (exact) mass is 339 g/mol. The minimum Gasteiger partial charge on any atom is -0.484 e. The molecule has 5 nitrogen and oxygen atoms in total. The molecule has 5 heteroatoms. The van der Waals surface area contributed by atoms with Gasteiger partial charge in [-0.05, 0) is 42.7 Å². The summed E-state index contributed by atoms with van der Waals surface area (Å²) in [5.74, 6) is 2.72. The van der Waals surface area contributed by atoms with Gasteiger partial charge in [0.25, 0.3) is 5.91 Å². The van der Waals surface area contributed by atoms with Gasteiger partial charge < -0.3 is 19.1 Å². The first-order valence-electron chi connectivity index (χ1n) is 8.56. The molecule has 0 N–H and O–H groups in total. The summed E-state index contributed by atoms with van der Waals surface area (Å²) in [6.07, 6.45) is 0.954. The third kappa shape index (κ3) is 3.27. The number of rotatable bonds is 4. The van der Waals surface area contributed by atoms with Crippen molar-refractivity contribution in [3.63, 3.8) is 0 Å². The minimum absolute atomic E-state index is 0.0338. The lowest BCUT2D eigenvalue weighted by atomic mass is 9.98. The Morgan fingerprint density at radius 3 is 2.92 bits per heavy atom. The average Bonchev–Trinajstić information content (AvgIpc) is 3.29. The summed E-state index contributed by atoms with van der Waals surface area (Å²) < 4.78 is 16.5. The first kappa shape index (κ1) is 15.8. The summed E-state index contributed by atoms with van der Waals surface area (Å²) in [5, 5.41) is 0. The second-order valence-corrected chi connectivity index (χ2v) is 6.49. The molecule has 1 amide bonds. The maximum absolute atomic E-state index is 12.5. The van der Waals surface area contributed by atoms with E-state index in [4.69, 9.17) is 14.2 Å². The van der Waals surface area contributed by atoms with Gasteiger partial charge in [-0.15, -0.1) is 0 Å². The molecule has 1 saturated heterocycles. The van der Waals surface area contributed by atoms with Gasteiger partial charge in [0.05, 0.1) is 0 Å². The Balaban J connectivity index is 1.35. The lowest BCUT2D eigenvalue weighted by Gasteiger charge is -2.17. The number of amides is 1. The Morgan fingerprint density at radius 1 is 1.20 bits per heavy atom. The van der Waals surface area contributed by atoms with Gasteiger partial charge in [-0.25, -0.2) is 0 Å². The third-order valence-electron chi connectivity index (χ3n) is 4.85. The van der Waals surface area contributed by atoms with Gasteiger partial charge in [-0.2, -0.15) is 0 Å². The van der Waals surface area contributed by atoms with Crippen LogP contribution in [0.25, 0.3) is 0 Å². The second-order valence-electron chi connectivity index (χ2n) is 6.49. The van der Waals surface area contributed by atoms with Crippen molar-refractivity contribution in [1.82, 2.24) is 4.90 Å². The van der Waals surface area contributed by atoms with Crippen LogP contribution in [0.3, 0.4) is 0 Å². The molecular weight excluding hydrogens is 318 g/mol. The number of para-hydroxylation sites is 1. The predicted octanol–water partition coefficient (Wildman–Crippen LogP) is 3.12. The molecule has 25 heavy (non-hydrogen) atoms. The number of hydrogen-bond acceptors (Lipinski definition) is 4. The number of nitrogens with zero attached hydrogens (tertiary/aromatic N) is 1. The molecule has 0 spiro atoms. The third-order valence-corrected chi connectivity index (χ3v) is 4.85. The van der Waals surface area contributed by atoms with E-state index in [1.807, 2.05) is 48.2 Å². The fourth-order valence-electron chi connectivity index (χ4n) is 3.38. The topological polar surface area (TPSA) is 48.0 Å². The van der Waals surface area contributed by atoms with Crippen LogP contribution in [0.1, 0.15) is 23.5 Å². The zero-order valence-corrected chi connectivity index (χ0v) is 14.2. The summed E-state index contributed by atoms with van der Waals surface area (Å²) in [7, 11) is 0. The molecule has 2 aromatic rings. The van der Waals surface area contributed by atoms with Crippen molar-refractivity contribution in [2.75, 3.05) is 26.5 Å². The van der Waals surface area contributed by atoms with Crippen LogP contribution in [0.5, 0.6) is 17.2 Å². The first-order chi connectivity index (χ1) is 12.2. The van der Waals surface area contributed by atoms with Crippen LogP contribution in [0, 0.1) is 6.92 Å². The molecule has 0 aromatic heterocycles. The van der Waals surface area contributed by atoms with Gasteiger partial charge in [0.15, 0.2) is 18.1 Å². The Hall–Kier alpha value is -2.69. The zero-order chi connectivity index (χ0) is 17.2. The lowest BCUT2D eigenvalue weighted by molar-refractivity contribution is -0.132. The highest BCUT2D eigenvalue weighted by Crippen LogP contribution is 2.37. The molecular formula is C20H21NO4. The summed E-state index contributed by atoms with van der Waals surface area (Å²) in [4.78, 5) is 14.3. The van der Waals surface area contributed by atoms with E-state index in [0.29, 0.717) is 5.92 Å². The number of likely N-dealkylation sites (tertiary alicyclic amines) is 1. The number of fused-ring (bicyclic) bond motifs is 1. The molecule has 0 bridgehead atoms. The maximum atomic E-state index is 12.5. The lowest BCUT2D eigenvalue weighted by Crippen LogP contribution is -2.32. The Morgan fingerprint density at radius 2 is 2.04 bits per heavy atom. The molecule has 1 unspecified atom stereocenters. The average molecular weight is 339 g/mol. The number of carbonyl (C=O) groups excluding carboxylic acids is 1. The number of hydrogen-bond donors (Lipinski definition) is 0. The number of aryl methyl sites for hydroxylation is 1. The standard InChI is InChI=1S/C20H21NO4/c1-14-4-2-3-5-17(14)23-12-20(22)21-9-8-16(11-21)15-6-7-18-19(10-15)25-13-24-18/h2-7,10,16H,8-9,11-13H2,1H3. The predicted molar refractivity (Wildman–Crippen MR) is 93.2 cm³/mol. The van der Waals surface area contributed by atoms with Gasteiger partial charge in [-0.3, -0.25) is 4.79 Å². The van der Waals surface area contributed by atoms with Gasteiger partial charge in [0.2, 0.25) is 6.79 Å². The number of ether oxygens (including phenoxy) is 3. The van der Waals surface area contributed by atoms with Crippen molar-refractivity contribution in [3.05, 3.63) is 53.6 Å². The van der Waals surface area contributed by atoms with Gasteiger partial charge in [-0.1, -0.05) is 24.3 Å². The molecule has 1 fully saturated rings.